The van der Waals surface area contributed by atoms with E-state index in [0.29, 0.717) is 13.0 Å². The molecule has 1 aliphatic rings. The lowest BCUT2D eigenvalue weighted by atomic mass is 9.92. The van der Waals surface area contributed by atoms with E-state index in [1.807, 2.05) is 32.0 Å². The SMILES string of the molecule is CC.N#CCC1CCN(Cc2ccccc2)CC1F. The van der Waals surface area contributed by atoms with Crippen LogP contribution in [-0.2, 0) is 6.54 Å². The van der Waals surface area contributed by atoms with Gasteiger partial charge in [0.1, 0.15) is 6.17 Å². The molecule has 2 atom stereocenters. The average molecular weight is 262 g/mol. The molecule has 0 aliphatic carbocycles. The molecule has 2 unspecified atom stereocenters. The number of rotatable bonds is 3. The zero-order valence-electron chi connectivity index (χ0n) is 11.8. The molecule has 0 amide bonds. The van der Waals surface area contributed by atoms with Gasteiger partial charge in [-0.3, -0.25) is 4.90 Å². The Kier molecular flexibility index (Phi) is 7.14. The van der Waals surface area contributed by atoms with Crippen LogP contribution in [0.15, 0.2) is 30.3 Å². The number of hydrogen-bond acceptors (Lipinski definition) is 2. The summed E-state index contributed by atoms with van der Waals surface area (Å²) in [6, 6.07) is 12.2. The monoisotopic (exact) mass is 262 g/mol. The van der Waals surface area contributed by atoms with E-state index < -0.39 is 6.17 Å². The fraction of sp³-hybridized carbons (Fsp3) is 0.562. The Bertz CT molecular complexity index is 385. The van der Waals surface area contributed by atoms with Gasteiger partial charge in [0.05, 0.1) is 6.07 Å². The molecule has 19 heavy (non-hydrogen) atoms. The molecule has 1 fully saturated rings. The number of nitrogens with zero attached hydrogens (tertiary/aromatic N) is 2. The van der Waals surface area contributed by atoms with Gasteiger partial charge in [-0.2, -0.15) is 5.26 Å². The lowest BCUT2D eigenvalue weighted by molar-refractivity contribution is 0.0821. The Morgan fingerprint density at radius 2 is 2.00 bits per heavy atom. The van der Waals surface area contributed by atoms with Crippen LogP contribution in [0, 0.1) is 17.2 Å². The molecular weight excluding hydrogens is 239 g/mol. The summed E-state index contributed by atoms with van der Waals surface area (Å²) < 4.78 is 13.8. The summed E-state index contributed by atoms with van der Waals surface area (Å²) >= 11 is 0. The second-order valence-electron chi connectivity index (χ2n) is 4.65. The first-order valence-electron chi connectivity index (χ1n) is 7.07. The number of alkyl halides is 1. The maximum absolute atomic E-state index is 13.8. The molecule has 1 saturated heterocycles. The molecule has 0 radical (unpaired) electrons. The van der Waals surface area contributed by atoms with Crippen molar-refractivity contribution in [3.8, 4) is 6.07 Å². The molecule has 1 aromatic carbocycles. The molecule has 0 spiro atoms. The quantitative estimate of drug-likeness (QED) is 0.828. The van der Waals surface area contributed by atoms with Crippen LogP contribution < -0.4 is 0 Å². The molecule has 2 rings (SSSR count). The summed E-state index contributed by atoms with van der Waals surface area (Å²) in [5.74, 6) is -0.0629. The summed E-state index contributed by atoms with van der Waals surface area (Å²) in [6.45, 7) is 6.16. The highest BCUT2D eigenvalue weighted by Gasteiger charge is 2.28. The topological polar surface area (TPSA) is 27.0 Å². The number of halogens is 1. The zero-order chi connectivity index (χ0) is 14.1. The van der Waals surface area contributed by atoms with Crippen molar-refractivity contribution < 1.29 is 4.39 Å². The van der Waals surface area contributed by atoms with Crippen LogP contribution in [-0.4, -0.2) is 24.2 Å². The van der Waals surface area contributed by atoms with Gasteiger partial charge in [-0.15, -0.1) is 0 Å². The second kappa shape index (κ2) is 8.66. The summed E-state index contributed by atoms with van der Waals surface area (Å²) in [6.07, 6.45) is 0.286. The number of likely N-dealkylation sites (tertiary alicyclic amines) is 1. The Balaban J connectivity index is 0.000000861. The van der Waals surface area contributed by atoms with Gasteiger partial charge in [-0.1, -0.05) is 44.2 Å². The third-order valence-electron chi connectivity index (χ3n) is 3.36. The minimum atomic E-state index is -0.855. The Morgan fingerprint density at radius 1 is 1.32 bits per heavy atom. The van der Waals surface area contributed by atoms with E-state index in [2.05, 4.69) is 23.1 Å². The van der Waals surface area contributed by atoms with E-state index in [0.717, 1.165) is 19.5 Å². The van der Waals surface area contributed by atoms with Crippen molar-refractivity contribution in [3.63, 3.8) is 0 Å². The van der Waals surface area contributed by atoms with Gasteiger partial charge in [0, 0.05) is 25.4 Å². The maximum atomic E-state index is 13.8. The first-order valence-corrected chi connectivity index (χ1v) is 7.07. The molecule has 0 N–H and O–H groups in total. The Hall–Kier alpha value is -1.40. The van der Waals surface area contributed by atoms with Gasteiger partial charge >= 0.3 is 0 Å². The van der Waals surface area contributed by atoms with E-state index in [4.69, 9.17) is 5.26 Å². The van der Waals surface area contributed by atoms with Crippen LogP contribution in [0.3, 0.4) is 0 Å². The lowest BCUT2D eigenvalue weighted by Gasteiger charge is -2.33. The Morgan fingerprint density at radius 3 is 2.58 bits per heavy atom. The molecule has 0 saturated carbocycles. The molecule has 0 aromatic heterocycles. The number of nitriles is 1. The zero-order valence-corrected chi connectivity index (χ0v) is 11.8. The minimum absolute atomic E-state index is 0.0629. The van der Waals surface area contributed by atoms with E-state index in [1.54, 1.807) is 0 Å². The van der Waals surface area contributed by atoms with Gasteiger partial charge in [0.2, 0.25) is 0 Å². The molecule has 3 heteroatoms. The first kappa shape index (κ1) is 15.7. The molecule has 104 valence electrons. The molecule has 1 aliphatic heterocycles. The normalized spacial score (nSPS) is 23.1. The molecule has 1 heterocycles. The number of hydrogen-bond donors (Lipinski definition) is 0. The largest absolute Gasteiger partial charge is 0.296 e. The van der Waals surface area contributed by atoms with Crippen molar-refractivity contribution in [2.75, 3.05) is 13.1 Å². The maximum Gasteiger partial charge on any atom is 0.117 e. The smallest absolute Gasteiger partial charge is 0.117 e. The number of benzene rings is 1. The van der Waals surface area contributed by atoms with Crippen LogP contribution in [0.1, 0.15) is 32.3 Å². The van der Waals surface area contributed by atoms with Gasteiger partial charge in [0.15, 0.2) is 0 Å². The predicted octanol–water partition coefficient (Wildman–Crippen LogP) is 3.79. The fourth-order valence-electron chi connectivity index (χ4n) is 2.35. The fourth-order valence-corrected chi connectivity index (χ4v) is 2.35. The van der Waals surface area contributed by atoms with Gasteiger partial charge in [-0.05, 0) is 18.5 Å². The summed E-state index contributed by atoms with van der Waals surface area (Å²) in [7, 11) is 0. The average Bonchev–Trinajstić information content (AvgIpc) is 2.45. The molecule has 0 bridgehead atoms. The van der Waals surface area contributed by atoms with Crippen molar-refractivity contribution in [3.05, 3.63) is 35.9 Å². The number of piperidine rings is 1. The third-order valence-corrected chi connectivity index (χ3v) is 3.36. The van der Waals surface area contributed by atoms with Crippen molar-refractivity contribution in [1.82, 2.24) is 4.90 Å². The summed E-state index contributed by atoms with van der Waals surface area (Å²) in [5.41, 5.74) is 1.22. The van der Waals surface area contributed by atoms with Crippen molar-refractivity contribution in [2.45, 2.75) is 39.4 Å². The highest BCUT2D eigenvalue weighted by atomic mass is 19.1. The summed E-state index contributed by atoms with van der Waals surface area (Å²) in [5, 5.41) is 8.61. The predicted molar refractivity (Wildman–Crippen MR) is 76.3 cm³/mol. The molecular formula is C16H23FN2. The standard InChI is InChI=1S/C14H17FN2.C2H6/c15-14-11-17(9-7-13(14)6-8-16)10-12-4-2-1-3-5-12;1-2/h1-5,13-14H,6-7,9-11H2;1-2H3. The Labute approximate surface area is 115 Å². The second-order valence-corrected chi connectivity index (χ2v) is 4.65. The lowest BCUT2D eigenvalue weighted by Crippen LogP contribution is -2.41. The van der Waals surface area contributed by atoms with E-state index >= 15 is 0 Å². The van der Waals surface area contributed by atoms with Crippen LogP contribution in [0.4, 0.5) is 4.39 Å². The van der Waals surface area contributed by atoms with E-state index in [1.165, 1.54) is 5.56 Å². The van der Waals surface area contributed by atoms with E-state index in [9.17, 15) is 4.39 Å². The van der Waals surface area contributed by atoms with Crippen LogP contribution in [0.25, 0.3) is 0 Å². The highest BCUT2D eigenvalue weighted by molar-refractivity contribution is 5.14. The minimum Gasteiger partial charge on any atom is -0.296 e. The van der Waals surface area contributed by atoms with Gasteiger partial charge in [0.25, 0.3) is 0 Å². The third kappa shape index (κ3) is 5.00. The van der Waals surface area contributed by atoms with Crippen LogP contribution in [0.2, 0.25) is 0 Å². The van der Waals surface area contributed by atoms with Crippen LogP contribution >= 0.6 is 0 Å². The molecule has 2 nitrogen and oxygen atoms in total. The van der Waals surface area contributed by atoms with Gasteiger partial charge < -0.3 is 0 Å². The van der Waals surface area contributed by atoms with Gasteiger partial charge in [-0.25, -0.2) is 4.39 Å². The van der Waals surface area contributed by atoms with Crippen LogP contribution in [0.5, 0.6) is 0 Å². The van der Waals surface area contributed by atoms with Crippen molar-refractivity contribution in [2.24, 2.45) is 5.92 Å². The van der Waals surface area contributed by atoms with Crippen molar-refractivity contribution in [1.29, 1.82) is 5.26 Å². The first-order chi connectivity index (χ1) is 9.29. The van der Waals surface area contributed by atoms with Crippen molar-refractivity contribution >= 4 is 0 Å². The molecule has 1 aromatic rings. The summed E-state index contributed by atoms with van der Waals surface area (Å²) in [4.78, 5) is 2.13. The van der Waals surface area contributed by atoms with E-state index in [-0.39, 0.29) is 5.92 Å². The highest BCUT2D eigenvalue weighted by Crippen LogP contribution is 2.24.